The van der Waals surface area contributed by atoms with Crippen LogP contribution in [0, 0.1) is 0 Å². The molecule has 1 unspecified atom stereocenters. The van der Waals surface area contributed by atoms with E-state index in [9.17, 15) is 4.79 Å². The van der Waals surface area contributed by atoms with Crippen molar-refractivity contribution in [1.82, 2.24) is 19.5 Å². The first-order valence-electron chi connectivity index (χ1n) is 5.85. The number of hydrogen-bond acceptors (Lipinski definition) is 6. The highest BCUT2D eigenvalue weighted by Crippen LogP contribution is 2.16. The van der Waals surface area contributed by atoms with Crippen LogP contribution < -0.4 is 5.73 Å². The topological polar surface area (TPSA) is 95.9 Å². The summed E-state index contributed by atoms with van der Waals surface area (Å²) in [6.45, 7) is 4.12. The van der Waals surface area contributed by atoms with Crippen LogP contribution in [-0.4, -0.2) is 37.5 Å². The first-order valence-corrected chi connectivity index (χ1v) is 7.06. The van der Waals surface area contributed by atoms with Crippen molar-refractivity contribution >= 4 is 31.1 Å². The van der Waals surface area contributed by atoms with Crippen molar-refractivity contribution in [3.63, 3.8) is 0 Å². The summed E-state index contributed by atoms with van der Waals surface area (Å²) in [5.74, 6) is 0.371. The van der Waals surface area contributed by atoms with Crippen LogP contribution in [-0.2, 0) is 16.1 Å². The van der Waals surface area contributed by atoms with Crippen molar-refractivity contribution in [2.75, 3.05) is 12.1 Å². The number of carbonyl (C=O) groups excluding carboxylic acids is 1. The van der Waals surface area contributed by atoms with Gasteiger partial charge in [-0.1, -0.05) is 0 Å². The highest BCUT2D eigenvalue weighted by atomic mass is 31.1. The molecule has 0 spiro atoms. The molecule has 0 aliphatic rings. The number of rotatable bonds is 6. The number of nitrogens with zero attached hydrogens (tertiary/aromatic N) is 4. The molecule has 19 heavy (non-hydrogen) atoms. The van der Waals surface area contributed by atoms with Crippen LogP contribution in [0.25, 0.3) is 11.2 Å². The Morgan fingerprint density at radius 2 is 2.32 bits per heavy atom. The minimum absolute atomic E-state index is 0.0274. The lowest BCUT2D eigenvalue weighted by atomic mass is 10.4. The summed E-state index contributed by atoms with van der Waals surface area (Å²) in [4.78, 5) is 23.1. The normalized spacial score (nSPS) is 13.4. The molecule has 2 atom stereocenters. The Hall–Kier alpha value is -1.59. The van der Waals surface area contributed by atoms with Crippen molar-refractivity contribution in [1.29, 1.82) is 0 Å². The number of aromatic nitrogens is 4. The van der Waals surface area contributed by atoms with Crippen LogP contribution >= 0.6 is 8.58 Å². The Morgan fingerprint density at radius 1 is 1.53 bits per heavy atom. The molecule has 0 saturated carbocycles. The molecule has 0 fully saturated rings. The molecule has 102 valence electrons. The van der Waals surface area contributed by atoms with Gasteiger partial charge in [0.15, 0.2) is 17.0 Å². The predicted molar refractivity (Wildman–Crippen MR) is 74.1 cm³/mol. The van der Waals surface area contributed by atoms with Gasteiger partial charge in [0.05, 0.1) is 25.3 Å². The Kier molecular flexibility index (Phi) is 4.39. The van der Waals surface area contributed by atoms with E-state index in [1.165, 1.54) is 6.33 Å². The molecular formula is C11H16N5O2P. The fourth-order valence-corrected chi connectivity index (χ4v) is 2.22. The summed E-state index contributed by atoms with van der Waals surface area (Å²) in [7, 11) is 0.197. The lowest BCUT2D eigenvalue weighted by molar-refractivity contribution is -0.109. The number of imidazole rings is 1. The van der Waals surface area contributed by atoms with Gasteiger partial charge in [0.2, 0.25) is 0 Å². The van der Waals surface area contributed by atoms with Gasteiger partial charge in [-0.3, -0.25) is 4.79 Å². The lowest BCUT2D eigenvalue weighted by Crippen LogP contribution is -2.16. The predicted octanol–water partition coefficient (Wildman–Crippen LogP) is 0.996. The van der Waals surface area contributed by atoms with Crippen molar-refractivity contribution in [2.24, 2.45) is 0 Å². The minimum Gasteiger partial charge on any atom is -0.382 e. The zero-order valence-corrected chi connectivity index (χ0v) is 11.8. The van der Waals surface area contributed by atoms with Gasteiger partial charge in [0.1, 0.15) is 11.8 Å². The van der Waals surface area contributed by atoms with E-state index in [4.69, 9.17) is 10.5 Å². The first kappa shape index (κ1) is 13.8. The van der Waals surface area contributed by atoms with Gasteiger partial charge in [0.25, 0.3) is 0 Å². The molecule has 2 N–H and O–H groups in total. The second-order valence-corrected chi connectivity index (χ2v) is 5.53. The number of hydrogen-bond donors (Lipinski definition) is 1. The third kappa shape index (κ3) is 3.45. The Labute approximate surface area is 112 Å². The molecule has 0 saturated heterocycles. The van der Waals surface area contributed by atoms with E-state index in [2.05, 4.69) is 15.0 Å². The largest absolute Gasteiger partial charge is 0.382 e. The van der Waals surface area contributed by atoms with E-state index < -0.39 is 0 Å². The van der Waals surface area contributed by atoms with Crippen molar-refractivity contribution in [3.05, 3.63) is 12.7 Å². The first-order chi connectivity index (χ1) is 9.08. The molecule has 0 bridgehead atoms. The summed E-state index contributed by atoms with van der Waals surface area (Å²) in [6, 6.07) is 0. The number of carbonyl (C=O) groups is 1. The number of anilines is 1. The fraction of sp³-hybridized carbons (Fsp3) is 0.455. The van der Waals surface area contributed by atoms with Crippen molar-refractivity contribution < 1.29 is 9.53 Å². The molecule has 0 aliphatic heterocycles. The van der Waals surface area contributed by atoms with E-state index >= 15 is 0 Å². The molecule has 2 aromatic heterocycles. The van der Waals surface area contributed by atoms with Gasteiger partial charge < -0.3 is 15.0 Å². The number of nitrogens with two attached hydrogens (primary N) is 1. The molecule has 2 heterocycles. The summed E-state index contributed by atoms with van der Waals surface area (Å²) in [5.41, 5.74) is 7.16. The summed E-state index contributed by atoms with van der Waals surface area (Å²) >= 11 is 0. The van der Waals surface area contributed by atoms with Gasteiger partial charge in [-0.25, -0.2) is 15.0 Å². The van der Waals surface area contributed by atoms with E-state index in [1.807, 2.05) is 11.5 Å². The second-order valence-electron chi connectivity index (χ2n) is 4.18. The van der Waals surface area contributed by atoms with Crippen LogP contribution in [0.3, 0.4) is 0 Å². The maximum Gasteiger partial charge on any atom is 0.165 e. The van der Waals surface area contributed by atoms with Crippen LogP contribution in [0.15, 0.2) is 12.7 Å². The fourth-order valence-electron chi connectivity index (χ4n) is 1.65. The van der Waals surface area contributed by atoms with E-state index in [0.29, 0.717) is 29.9 Å². The molecular weight excluding hydrogens is 265 g/mol. The van der Waals surface area contributed by atoms with E-state index in [1.54, 1.807) is 13.3 Å². The van der Waals surface area contributed by atoms with Gasteiger partial charge >= 0.3 is 0 Å². The molecule has 7 nitrogen and oxygen atoms in total. The van der Waals surface area contributed by atoms with Gasteiger partial charge in [-0.15, -0.1) is 0 Å². The maximum atomic E-state index is 10.8. The number of nitrogen functional groups attached to an aromatic ring is 1. The third-order valence-corrected chi connectivity index (χ3v) is 3.38. The van der Waals surface area contributed by atoms with Crippen LogP contribution in [0.4, 0.5) is 5.82 Å². The van der Waals surface area contributed by atoms with Gasteiger partial charge in [-0.05, 0) is 22.4 Å². The van der Waals surface area contributed by atoms with Gasteiger partial charge in [-0.2, -0.15) is 0 Å². The molecule has 0 amide bonds. The second kappa shape index (κ2) is 6.04. The van der Waals surface area contributed by atoms with E-state index in [0.717, 1.165) is 0 Å². The summed E-state index contributed by atoms with van der Waals surface area (Å²) in [5, 5.41) is 0. The van der Waals surface area contributed by atoms with Crippen LogP contribution in [0.5, 0.6) is 0 Å². The Bertz CT molecular complexity index is 585. The molecule has 0 radical (unpaired) electrons. The van der Waals surface area contributed by atoms with Gasteiger partial charge in [0, 0.05) is 0 Å². The average Bonchev–Trinajstić information content (AvgIpc) is 2.73. The lowest BCUT2D eigenvalue weighted by Gasteiger charge is -2.13. The SMILES string of the molecule is CC(=O)PCO[C@H](C)Cn1cnc2c(N)ncnc21. The summed E-state index contributed by atoms with van der Waals surface area (Å²) in [6.07, 6.45) is 3.52. The molecule has 0 aromatic carbocycles. The Morgan fingerprint density at radius 3 is 3.05 bits per heavy atom. The van der Waals surface area contributed by atoms with Crippen molar-refractivity contribution in [3.8, 4) is 0 Å². The molecule has 8 heteroatoms. The summed E-state index contributed by atoms with van der Waals surface area (Å²) < 4.78 is 7.44. The highest BCUT2D eigenvalue weighted by molar-refractivity contribution is 7.57. The van der Waals surface area contributed by atoms with E-state index in [-0.39, 0.29) is 20.2 Å². The standard InChI is InChI=1S/C11H16N5O2P/c1-7(18-6-19-8(2)17)3-16-5-15-9-10(12)13-4-14-11(9)16/h4-5,7,19H,3,6H2,1-2H3,(H2,12,13,14)/t7-/m1/s1. The Balaban J connectivity index is 2.01. The highest BCUT2D eigenvalue weighted by Gasteiger charge is 2.10. The quantitative estimate of drug-likeness (QED) is 0.793. The molecule has 2 rings (SSSR count). The number of fused-ring (bicyclic) bond motifs is 1. The zero-order valence-electron chi connectivity index (χ0n) is 10.8. The molecule has 0 aliphatic carbocycles. The zero-order chi connectivity index (χ0) is 13.8. The smallest absolute Gasteiger partial charge is 0.165 e. The van der Waals surface area contributed by atoms with Crippen LogP contribution in [0.1, 0.15) is 13.8 Å². The average molecular weight is 281 g/mol. The van der Waals surface area contributed by atoms with Crippen molar-refractivity contribution in [2.45, 2.75) is 26.5 Å². The molecule has 2 aromatic rings. The van der Waals surface area contributed by atoms with Crippen LogP contribution in [0.2, 0.25) is 0 Å². The monoisotopic (exact) mass is 281 g/mol. The maximum absolute atomic E-state index is 10.8. The number of ether oxygens (including phenoxy) is 1. The third-order valence-electron chi connectivity index (χ3n) is 2.57. The minimum atomic E-state index is -0.0274.